The van der Waals surface area contributed by atoms with Crippen molar-refractivity contribution in [2.24, 2.45) is 0 Å². The number of rotatable bonds is 14. The number of phenols is 1. The van der Waals surface area contributed by atoms with Crippen LogP contribution in [0.2, 0.25) is 0 Å². The Morgan fingerprint density at radius 2 is 0.926 bits per heavy atom. The van der Waals surface area contributed by atoms with Crippen molar-refractivity contribution in [2.75, 3.05) is 0 Å². The van der Waals surface area contributed by atoms with Gasteiger partial charge in [0.05, 0.1) is 0 Å². The minimum atomic E-state index is 0.334. The molecule has 0 unspecified atom stereocenters. The van der Waals surface area contributed by atoms with Crippen LogP contribution in [-0.2, 0) is 12.8 Å². The van der Waals surface area contributed by atoms with Crippen LogP contribution in [0.4, 0.5) is 0 Å². The quantitative estimate of drug-likeness (QED) is 0.338. The van der Waals surface area contributed by atoms with E-state index in [4.69, 9.17) is 0 Å². The van der Waals surface area contributed by atoms with Gasteiger partial charge in [0, 0.05) is 0 Å². The van der Waals surface area contributed by atoms with Gasteiger partial charge in [0.25, 0.3) is 0 Å². The Kier molecular flexibility index (Phi) is 10.7. The Labute approximate surface area is 166 Å². The van der Waals surface area contributed by atoms with Crippen molar-refractivity contribution < 1.29 is 5.11 Å². The van der Waals surface area contributed by atoms with Gasteiger partial charge in [-0.05, 0) is 48.1 Å². The Balaban J connectivity index is 1.52. The van der Waals surface area contributed by atoms with Gasteiger partial charge in [0.15, 0.2) is 0 Å². The van der Waals surface area contributed by atoms with E-state index in [2.05, 4.69) is 31.2 Å². The summed E-state index contributed by atoms with van der Waals surface area (Å²) < 4.78 is 0. The zero-order chi connectivity index (χ0) is 19.2. The normalized spacial score (nSPS) is 11.0. The fraction of sp³-hybridized carbons (Fsp3) is 0.538. The van der Waals surface area contributed by atoms with E-state index in [1.165, 1.54) is 93.7 Å². The van der Waals surface area contributed by atoms with E-state index in [-0.39, 0.29) is 0 Å². The fourth-order valence-electron chi connectivity index (χ4n) is 3.67. The topological polar surface area (TPSA) is 20.2 Å². The zero-order valence-corrected chi connectivity index (χ0v) is 17.3. The molecule has 0 aliphatic carbocycles. The number of phenolic OH excluding ortho intramolecular Hbond substituents is 1. The molecular weight excluding hydrogens is 328 g/mol. The van der Waals surface area contributed by atoms with E-state index >= 15 is 0 Å². The predicted molar refractivity (Wildman–Crippen MR) is 118 cm³/mol. The molecule has 27 heavy (non-hydrogen) atoms. The summed E-state index contributed by atoms with van der Waals surface area (Å²) in [7, 11) is 0. The second-order valence-electron chi connectivity index (χ2n) is 7.95. The summed E-state index contributed by atoms with van der Waals surface area (Å²) in [5.74, 6) is 0.334. The van der Waals surface area contributed by atoms with Crippen molar-refractivity contribution >= 4 is 0 Å². The molecule has 0 radical (unpaired) electrons. The van der Waals surface area contributed by atoms with Crippen LogP contribution in [0.3, 0.4) is 0 Å². The Hall–Kier alpha value is -1.76. The van der Waals surface area contributed by atoms with E-state index in [9.17, 15) is 5.11 Å². The lowest BCUT2D eigenvalue weighted by atomic mass is 10.0. The van der Waals surface area contributed by atoms with Crippen LogP contribution in [-0.4, -0.2) is 5.11 Å². The third kappa shape index (κ3) is 9.65. The predicted octanol–water partition coefficient (Wildman–Crippen LogP) is 7.84. The van der Waals surface area contributed by atoms with E-state index in [0.717, 1.165) is 6.42 Å². The van der Waals surface area contributed by atoms with Crippen LogP contribution in [0.15, 0.2) is 48.5 Å². The molecule has 0 spiro atoms. The molecule has 0 saturated carbocycles. The van der Waals surface area contributed by atoms with Gasteiger partial charge in [-0.3, -0.25) is 0 Å². The van der Waals surface area contributed by atoms with E-state index in [1.54, 1.807) is 12.1 Å². The summed E-state index contributed by atoms with van der Waals surface area (Å²) in [4.78, 5) is 0. The third-order valence-corrected chi connectivity index (χ3v) is 5.44. The molecule has 2 aromatic rings. The summed E-state index contributed by atoms with van der Waals surface area (Å²) in [6.07, 6.45) is 17.6. The van der Waals surface area contributed by atoms with Crippen molar-refractivity contribution in [3.8, 4) is 5.75 Å². The Morgan fingerprint density at radius 3 is 1.44 bits per heavy atom. The maximum atomic E-state index is 9.36. The highest BCUT2D eigenvalue weighted by atomic mass is 16.3. The molecule has 0 amide bonds. The van der Waals surface area contributed by atoms with Crippen molar-refractivity contribution in [3.63, 3.8) is 0 Å². The molecule has 0 atom stereocenters. The molecule has 0 fully saturated rings. The SMILES string of the molecule is CCCCCCCCCCCCCc1ccc(Cc2ccc(O)cc2)cc1. The standard InChI is InChI=1S/C26H38O/c1-2-3-4-5-6-7-8-9-10-11-12-13-23-14-16-24(17-15-23)22-25-18-20-26(27)21-19-25/h14-21,27H,2-13,22H2,1H3. The molecule has 1 heteroatoms. The first-order chi connectivity index (χ1) is 13.3. The van der Waals surface area contributed by atoms with E-state index in [0.29, 0.717) is 5.75 Å². The fourth-order valence-corrected chi connectivity index (χ4v) is 3.67. The molecule has 2 aromatic carbocycles. The molecular formula is C26H38O. The molecule has 0 bridgehead atoms. The van der Waals surface area contributed by atoms with Crippen LogP contribution in [0.1, 0.15) is 94.2 Å². The largest absolute Gasteiger partial charge is 0.508 e. The lowest BCUT2D eigenvalue weighted by molar-refractivity contribution is 0.475. The second-order valence-corrected chi connectivity index (χ2v) is 7.95. The number of hydrogen-bond acceptors (Lipinski definition) is 1. The van der Waals surface area contributed by atoms with Crippen LogP contribution in [0, 0.1) is 0 Å². The third-order valence-electron chi connectivity index (χ3n) is 5.44. The summed E-state index contributed by atoms with van der Waals surface area (Å²) in [5, 5.41) is 9.36. The number of benzene rings is 2. The smallest absolute Gasteiger partial charge is 0.115 e. The molecule has 2 rings (SSSR count). The minimum absolute atomic E-state index is 0.334. The number of aromatic hydroxyl groups is 1. The van der Waals surface area contributed by atoms with Gasteiger partial charge in [0.1, 0.15) is 5.75 Å². The molecule has 0 aliphatic rings. The summed E-state index contributed by atoms with van der Waals surface area (Å²) in [6, 6.07) is 16.6. The first-order valence-electron chi connectivity index (χ1n) is 11.1. The molecule has 148 valence electrons. The lowest BCUT2D eigenvalue weighted by Crippen LogP contribution is -1.90. The first-order valence-corrected chi connectivity index (χ1v) is 11.1. The van der Waals surface area contributed by atoms with Gasteiger partial charge in [-0.25, -0.2) is 0 Å². The van der Waals surface area contributed by atoms with Gasteiger partial charge >= 0.3 is 0 Å². The monoisotopic (exact) mass is 366 g/mol. The van der Waals surface area contributed by atoms with Gasteiger partial charge in [-0.15, -0.1) is 0 Å². The van der Waals surface area contributed by atoms with Crippen molar-refractivity contribution in [1.82, 2.24) is 0 Å². The van der Waals surface area contributed by atoms with Crippen LogP contribution >= 0.6 is 0 Å². The maximum Gasteiger partial charge on any atom is 0.115 e. The van der Waals surface area contributed by atoms with Crippen molar-refractivity contribution in [1.29, 1.82) is 0 Å². The summed E-state index contributed by atoms with van der Waals surface area (Å²) >= 11 is 0. The number of hydrogen-bond donors (Lipinski definition) is 1. The molecule has 1 nitrogen and oxygen atoms in total. The second kappa shape index (κ2) is 13.4. The summed E-state index contributed by atoms with van der Waals surface area (Å²) in [5.41, 5.74) is 4.04. The minimum Gasteiger partial charge on any atom is -0.508 e. The highest BCUT2D eigenvalue weighted by molar-refractivity contribution is 5.32. The Bertz CT molecular complexity index is 597. The average molecular weight is 367 g/mol. The zero-order valence-electron chi connectivity index (χ0n) is 17.3. The molecule has 0 heterocycles. The van der Waals surface area contributed by atoms with E-state index < -0.39 is 0 Å². The lowest BCUT2D eigenvalue weighted by Gasteiger charge is -2.06. The van der Waals surface area contributed by atoms with E-state index in [1.807, 2.05) is 12.1 Å². The summed E-state index contributed by atoms with van der Waals surface area (Å²) in [6.45, 7) is 2.28. The molecule has 0 aromatic heterocycles. The number of aryl methyl sites for hydroxylation is 1. The molecule has 1 N–H and O–H groups in total. The van der Waals surface area contributed by atoms with Crippen molar-refractivity contribution in [2.45, 2.75) is 90.4 Å². The number of unbranched alkanes of at least 4 members (excludes halogenated alkanes) is 10. The molecule has 0 aliphatic heterocycles. The van der Waals surface area contributed by atoms with Gasteiger partial charge in [0.2, 0.25) is 0 Å². The van der Waals surface area contributed by atoms with Gasteiger partial charge in [-0.2, -0.15) is 0 Å². The van der Waals surface area contributed by atoms with Crippen LogP contribution in [0.5, 0.6) is 5.75 Å². The van der Waals surface area contributed by atoms with Crippen molar-refractivity contribution in [3.05, 3.63) is 65.2 Å². The van der Waals surface area contributed by atoms with Gasteiger partial charge < -0.3 is 5.11 Å². The molecule has 0 saturated heterocycles. The highest BCUT2D eigenvalue weighted by Crippen LogP contribution is 2.16. The van der Waals surface area contributed by atoms with Crippen LogP contribution < -0.4 is 0 Å². The maximum absolute atomic E-state index is 9.36. The van der Waals surface area contributed by atoms with Crippen LogP contribution in [0.25, 0.3) is 0 Å². The highest BCUT2D eigenvalue weighted by Gasteiger charge is 1.99. The first kappa shape index (κ1) is 21.5. The Morgan fingerprint density at radius 1 is 0.519 bits per heavy atom. The average Bonchev–Trinajstić information content (AvgIpc) is 2.69. The van der Waals surface area contributed by atoms with Gasteiger partial charge in [-0.1, -0.05) is 108 Å².